The second-order valence-electron chi connectivity index (χ2n) is 3.30. The fourth-order valence-electron chi connectivity index (χ4n) is 1.44. The molecule has 0 radical (unpaired) electrons. The molecule has 2 heterocycles. The average Bonchev–Trinajstić information content (AvgIpc) is 2.71. The van der Waals surface area contributed by atoms with E-state index in [-0.39, 0.29) is 5.78 Å². The van der Waals surface area contributed by atoms with Gasteiger partial charge in [0, 0.05) is 21.4 Å². The SMILES string of the molecule is Cc1cc(C(=O)c2coc(Br)c2)c(C)s1. The third-order valence-corrected chi connectivity index (χ3v) is 3.50. The van der Waals surface area contributed by atoms with Gasteiger partial charge in [-0.05, 0) is 35.8 Å². The minimum Gasteiger partial charge on any atom is -0.457 e. The molecule has 15 heavy (non-hydrogen) atoms. The van der Waals surface area contributed by atoms with Crippen LogP contribution in [0.1, 0.15) is 25.7 Å². The highest BCUT2D eigenvalue weighted by Gasteiger charge is 2.15. The molecule has 0 aliphatic rings. The minimum atomic E-state index is 0.0197. The first-order chi connectivity index (χ1) is 7.08. The average molecular weight is 285 g/mol. The van der Waals surface area contributed by atoms with E-state index >= 15 is 0 Å². The number of thiophene rings is 1. The van der Waals surface area contributed by atoms with E-state index < -0.39 is 0 Å². The molecule has 2 aromatic heterocycles. The molecule has 0 amide bonds. The number of rotatable bonds is 2. The lowest BCUT2D eigenvalue weighted by Gasteiger charge is -1.94. The molecule has 4 heteroatoms. The van der Waals surface area contributed by atoms with Crippen molar-refractivity contribution in [3.8, 4) is 0 Å². The summed E-state index contributed by atoms with van der Waals surface area (Å²) in [6.07, 6.45) is 1.47. The molecule has 0 aliphatic carbocycles. The van der Waals surface area contributed by atoms with Gasteiger partial charge in [-0.25, -0.2) is 0 Å². The Kier molecular flexibility index (Phi) is 2.80. The number of furan rings is 1. The van der Waals surface area contributed by atoms with Gasteiger partial charge in [-0.15, -0.1) is 11.3 Å². The van der Waals surface area contributed by atoms with Gasteiger partial charge >= 0.3 is 0 Å². The predicted octanol–water partition coefficient (Wildman–Crippen LogP) is 3.95. The fourth-order valence-corrected chi connectivity index (χ4v) is 2.70. The lowest BCUT2D eigenvalue weighted by Crippen LogP contribution is -1.99. The number of carbonyl (C=O) groups is 1. The molecule has 0 saturated heterocycles. The summed E-state index contributed by atoms with van der Waals surface area (Å²) in [5, 5.41) is 0. The first kappa shape index (κ1) is 10.6. The second-order valence-corrected chi connectivity index (χ2v) is 5.54. The van der Waals surface area contributed by atoms with E-state index in [1.54, 1.807) is 17.4 Å². The van der Waals surface area contributed by atoms with Gasteiger partial charge in [-0.2, -0.15) is 0 Å². The zero-order valence-corrected chi connectivity index (χ0v) is 10.7. The van der Waals surface area contributed by atoms with Crippen LogP contribution in [-0.4, -0.2) is 5.78 Å². The van der Waals surface area contributed by atoms with Gasteiger partial charge in [0.2, 0.25) is 0 Å². The first-order valence-corrected chi connectivity index (χ1v) is 6.04. The molecule has 0 fully saturated rings. The maximum Gasteiger partial charge on any atom is 0.197 e. The Labute approximate surface area is 100 Å². The topological polar surface area (TPSA) is 30.2 Å². The fraction of sp³-hybridized carbons (Fsp3) is 0.182. The number of hydrogen-bond donors (Lipinski definition) is 0. The van der Waals surface area contributed by atoms with E-state index in [0.29, 0.717) is 10.2 Å². The van der Waals surface area contributed by atoms with Gasteiger partial charge in [0.15, 0.2) is 10.5 Å². The molecule has 2 aromatic rings. The quantitative estimate of drug-likeness (QED) is 0.782. The molecular weight excluding hydrogens is 276 g/mol. The van der Waals surface area contributed by atoms with Gasteiger partial charge in [0.25, 0.3) is 0 Å². The number of hydrogen-bond acceptors (Lipinski definition) is 3. The van der Waals surface area contributed by atoms with E-state index in [1.165, 1.54) is 6.26 Å². The van der Waals surface area contributed by atoms with Crippen molar-refractivity contribution < 1.29 is 9.21 Å². The van der Waals surface area contributed by atoms with Crippen LogP contribution in [0.4, 0.5) is 0 Å². The third kappa shape index (κ3) is 2.06. The predicted molar refractivity (Wildman–Crippen MR) is 63.6 cm³/mol. The Morgan fingerprint density at radius 3 is 2.60 bits per heavy atom. The summed E-state index contributed by atoms with van der Waals surface area (Å²) in [6, 6.07) is 3.61. The lowest BCUT2D eigenvalue weighted by atomic mass is 10.1. The zero-order valence-electron chi connectivity index (χ0n) is 8.33. The molecule has 0 bridgehead atoms. The number of aryl methyl sites for hydroxylation is 2. The molecule has 0 saturated carbocycles. The molecule has 0 N–H and O–H groups in total. The smallest absolute Gasteiger partial charge is 0.197 e. The number of ketones is 1. The summed E-state index contributed by atoms with van der Waals surface area (Å²) in [7, 11) is 0. The molecule has 0 aliphatic heterocycles. The van der Waals surface area contributed by atoms with Crippen LogP contribution in [0.5, 0.6) is 0 Å². The van der Waals surface area contributed by atoms with Crippen LogP contribution in [0, 0.1) is 13.8 Å². The van der Waals surface area contributed by atoms with Crippen molar-refractivity contribution in [3.05, 3.63) is 43.9 Å². The van der Waals surface area contributed by atoms with Crippen molar-refractivity contribution in [2.24, 2.45) is 0 Å². The van der Waals surface area contributed by atoms with Gasteiger partial charge < -0.3 is 4.42 Å². The Morgan fingerprint density at radius 1 is 1.40 bits per heavy atom. The van der Waals surface area contributed by atoms with E-state index in [4.69, 9.17) is 4.42 Å². The summed E-state index contributed by atoms with van der Waals surface area (Å²) in [6.45, 7) is 3.96. The van der Waals surface area contributed by atoms with Gasteiger partial charge in [-0.3, -0.25) is 4.79 Å². The van der Waals surface area contributed by atoms with Crippen molar-refractivity contribution in [2.45, 2.75) is 13.8 Å². The molecule has 0 aromatic carbocycles. The minimum absolute atomic E-state index is 0.0197. The van der Waals surface area contributed by atoms with Crippen LogP contribution >= 0.6 is 27.3 Å². The maximum atomic E-state index is 12.0. The van der Waals surface area contributed by atoms with E-state index in [1.807, 2.05) is 19.9 Å². The maximum absolute atomic E-state index is 12.0. The largest absolute Gasteiger partial charge is 0.457 e. The normalized spacial score (nSPS) is 10.6. The summed E-state index contributed by atoms with van der Waals surface area (Å²) in [5.74, 6) is 0.0197. The highest BCUT2D eigenvalue weighted by atomic mass is 79.9. The van der Waals surface area contributed by atoms with Gasteiger partial charge in [0.1, 0.15) is 6.26 Å². The molecule has 0 unspecified atom stereocenters. The Hall–Kier alpha value is -0.870. The summed E-state index contributed by atoms with van der Waals surface area (Å²) in [5.41, 5.74) is 1.36. The molecule has 0 spiro atoms. The van der Waals surface area contributed by atoms with Crippen LogP contribution in [-0.2, 0) is 0 Å². The summed E-state index contributed by atoms with van der Waals surface area (Å²) < 4.78 is 5.63. The van der Waals surface area contributed by atoms with Crippen LogP contribution in [0.15, 0.2) is 27.5 Å². The van der Waals surface area contributed by atoms with Crippen molar-refractivity contribution >= 4 is 33.0 Å². The Morgan fingerprint density at radius 2 is 2.13 bits per heavy atom. The first-order valence-electron chi connectivity index (χ1n) is 4.43. The number of carbonyl (C=O) groups excluding carboxylic acids is 1. The van der Waals surface area contributed by atoms with E-state index in [9.17, 15) is 4.79 Å². The molecule has 2 nitrogen and oxygen atoms in total. The van der Waals surface area contributed by atoms with Crippen molar-refractivity contribution in [2.75, 3.05) is 0 Å². The monoisotopic (exact) mass is 284 g/mol. The summed E-state index contributed by atoms with van der Waals surface area (Å²) >= 11 is 4.82. The molecule has 2 rings (SSSR count). The van der Waals surface area contributed by atoms with Crippen LogP contribution in [0.2, 0.25) is 0 Å². The van der Waals surface area contributed by atoms with Crippen LogP contribution in [0.3, 0.4) is 0 Å². The Balaban J connectivity index is 2.40. The highest BCUT2D eigenvalue weighted by Crippen LogP contribution is 2.24. The van der Waals surface area contributed by atoms with Crippen molar-refractivity contribution in [3.63, 3.8) is 0 Å². The standard InChI is InChI=1S/C11H9BrO2S/c1-6-3-9(7(2)15-6)11(13)8-4-10(12)14-5-8/h3-5H,1-2H3. The van der Waals surface area contributed by atoms with Gasteiger partial charge in [0.05, 0.1) is 5.56 Å². The second kappa shape index (κ2) is 3.94. The lowest BCUT2D eigenvalue weighted by molar-refractivity contribution is 0.103. The third-order valence-electron chi connectivity index (χ3n) is 2.12. The van der Waals surface area contributed by atoms with E-state index in [0.717, 1.165) is 15.3 Å². The zero-order chi connectivity index (χ0) is 11.0. The molecular formula is C11H9BrO2S. The van der Waals surface area contributed by atoms with Crippen molar-refractivity contribution in [1.82, 2.24) is 0 Å². The molecule has 78 valence electrons. The summed E-state index contributed by atoms with van der Waals surface area (Å²) in [4.78, 5) is 14.2. The Bertz CT molecular complexity index is 510. The van der Waals surface area contributed by atoms with Gasteiger partial charge in [-0.1, -0.05) is 0 Å². The van der Waals surface area contributed by atoms with Crippen molar-refractivity contribution in [1.29, 1.82) is 0 Å². The highest BCUT2D eigenvalue weighted by molar-refractivity contribution is 9.10. The van der Waals surface area contributed by atoms with Crippen LogP contribution in [0.25, 0.3) is 0 Å². The number of halogens is 1. The van der Waals surface area contributed by atoms with Crippen LogP contribution < -0.4 is 0 Å². The molecule has 0 atom stereocenters. The van der Waals surface area contributed by atoms with E-state index in [2.05, 4.69) is 15.9 Å².